The monoisotopic (exact) mass is 451 g/mol. The Morgan fingerprint density at radius 3 is 2.64 bits per heavy atom. The van der Waals surface area contributed by atoms with Gasteiger partial charge in [-0.25, -0.2) is 0 Å². The highest BCUT2D eigenvalue weighted by Crippen LogP contribution is 2.31. The summed E-state index contributed by atoms with van der Waals surface area (Å²) in [6, 6.07) is 7.28. The maximum Gasteiger partial charge on any atom is 0.417 e. The molecule has 4 aromatic heterocycles. The van der Waals surface area contributed by atoms with Crippen LogP contribution in [0.15, 0.2) is 55.1 Å². The molecule has 1 aromatic carbocycles. The molecule has 0 aliphatic heterocycles. The Bertz CT molecular complexity index is 1470. The molecule has 0 fully saturated rings. The lowest BCUT2D eigenvalue weighted by Gasteiger charge is -2.09. The smallest absolute Gasteiger partial charge is 0.346 e. The summed E-state index contributed by atoms with van der Waals surface area (Å²) in [4.78, 5) is 21.0. The van der Waals surface area contributed by atoms with Crippen LogP contribution in [-0.2, 0) is 19.8 Å². The van der Waals surface area contributed by atoms with Gasteiger partial charge in [0.05, 0.1) is 35.0 Å². The van der Waals surface area contributed by atoms with Crippen LogP contribution in [0.3, 0.4) is 0 Å². The van der Waals surface area contributed by atoms with E-state index in [1.165, 1.54) is 6.07 Å². The number of carbonyl (C=O) groups excluding carboxylic acids is 1. The van der Waals surface area contributed by atoms with Crippen molar-refractivity contribution in [3.63, 3.8) is 0 Å². The number of halogens is 3. The first-order valence-electron chi connectivity index (χ1n) is 9.86. The number of pyridine rings is 2. The number of nitrogens with one attached hydrogen (secondary N) is 2. The highest BCUT2D eigenvalue weighted by Gasteiger charge is 2.30. The molecule has 5 aromatic rings. The Morgan fingerprint density at radius 2 is 1.94 bits per heavy atom. The van der Waals surface area contributed by atoms with Gasteiger partial charge in [0.25, 0.3) is 5.91 Å². The van der Waals surface area contributed by atoms with Gasteiger partial charge in [0.2, 0.25) is 0 Å². The molecular formula is C22H16F3N7O. The number of rotatable bonds is 4. The fraction of sp³-hybridized carbons (Fsp3) is 0.136. The molecular weight excluding hydrogens is 435 g/mol. The Morgan fingerprint density at radius 1 is 1.09 bits per heavy atom. The molecule has 0 aliphatic rings. The SMILES string of the molecule is Cn1nc(-c2cn[nH]c2)c2cnc3ccc(C(=O)NCc4ccc(C(F)(F)F)cn4)cc3c21. The average Bonchev–Trinajstić information content (AvgIpc) is 3.45. The third-order valence-electron chi connectivity index (χ3n) is 5.28. The van der Waals surface area contributed by atoms with Crippen LogP contribution in [0.2, 0.25) is 0 Å². The van der Waals surface area contributed by atoms with E-state index in [0.29, 0.717) is 16.8 Å². The molecule has 4 heterocycles. The number of fused-ring (bicyclic) bond motifs is 3. The number of aryl methyl sites for hydroxylation is 1. The lowest BCUT2D eigenvalue weighted by atomic mass is 10.1. The molecule has 2 N–H and O–H groups in total. The zero-order valence-corrected chi connectivity index (χ0v) is 17.2. The molecule has 11 heteroatoms. The second-order valence-corrected chi connectivity index (χ2v) is 7.43. The third-order valence-corrected chi connectivity index (χ3v) is 5.28. The van der Waals surface area contributed by atoms with Gasteiger partial charge in [0, 0.05) is 47.5 Å². The summed E-state index contributed by atoms with van der Waals surface area (Å²) in [7, 11) is 1.81. The molecule has 0 bridgehead atoms. The molecule has 1 amide bonds. The minimum atomic E-state index is -4.46. The summed E-state index contributed by atoms with van der Waals surface area (Å²) in [6.45, 7) is -0.00614. The van der Waals surface area contributed by atoms with E-state index in [1.807, 2.05) is 7.05 Å². The van der Waals surface area contributed by atoms with Gasteiger partial charge in [-0.3, -0.25) is 24.5 Å². The normalized spacial score (nSPS) is 11.9. The van der Waals surface area contributed by atoms with Gasteiger partial charge >= 0.3 is 6.18 Å². The fourth-order valence-corrected chi connectivity index (χ4v) is 3.66. The van der Waals surface area contributed by atoms with E-state index >= 15 is 0 Å². The number of hydrogen-bond acceptors (Lipinski definition) is 5. The number of carbonyl (C=O) groups is 1. The van der Waals surface area contributed by atoms with Crippen LogP contribution in [0.5, 0.6) is 0 Å². The van der Waals surface area contributed by atoms with E-state index in [0.717, 1.165) is 39.8 Å². The van der Waals surface area contributed by atoms with Crippen LogP contribution < -0.4 is 5.32 Å². The van der Waals surface area contributed by atoms with Crippen molar-refractivity contribution in [3.8, 4) is 11.3 Å². The molecule has 0 spiro atoms. The van der Waals surface area contributed by atoms with E-state index in [-0.39, 0.29) is 12.5 Å². The van der Waals surface area contributed by atoms with Gasteiger partial charge in [-0.1, -0.05) is 0 Å². The summed E-state index contributed by atoms with van der Waals surface area (Å²) in [6.07, 6.45) is 1.45. The van der Waals surface area contributed by atoms with Gasteiger partial charge in [0.15, 0.2) is 0 Å². The number of alkyl halides is 3. The molecule has 0 saturated heterocycles. The predicted octanol–water partition coefficient (Wildman–Crippen LogP) is 3.86. The van der Waals surface area contributed by atoms with E-state index in [9.17, 15) is 18.0 Å². The van der Waals surface area contributed by atoms with Crippen LogP contribution in [0.25, 0.3) is 33.1 Å². The van der Waals surface area contributed by atoms with Gasteiger partial charge < -0.3 is 5.32 Å². The van der Waals surface area contributed by atoms with Crippen LogP contribution in [0.4, 0.5) is 13.2 Å². The molecule has 0 saturated carbocycles. The number of nitrogens with zero attached hydrogens (tertiary/aromatic N) is 5. The van der Waals surface area contributed by atoms with E-state index in [1.54, 1.807) is 41.5 Å². The molecule has 5 rings (SSSR count). The zero-order valence-electron chi connectivity index (χ0n) is 17.2. The Kier molecular flexibility index (Phi) is 4.81. The minimum absolute atomic E-state index is 0.00614. The summed E-state index contributed by atoms with van der Waals surface area (Å²) >= 11 is 0. The number of aromatic nitrogens is 6. The Balaban J connectivity index is 1.43. The van der Waals surface area contributed by atoms with Gasteiger partial charge in [0.1, 0.15) is 5.69 Å². The van der Waals surface area contributed by atoms with Crippen molar-refractivity contribution >= 4 is 27.7 Å². The van der Waals surface area contributed by atoms with Crippen molar-refractivity contribution in [1.29, 1.82) is 0 Å². The molecule has 0 unspecified atom stereocenters. The maximum atomic E-state index is 12.7. The van der Waals surface area contributed by atoms with Crippen molar-refractivity contribution in [3.05, 3.63) is 71.9 Å². The van der Waals surface area contributed by atoms with Crippen LogP contribution >= 0.6 is 0 Å². The topological polar surface area (TPSA) is 101 Å². The van der Waals surface area contributed by atoms with Crippen molar-refractivity contribution in [2.45, 2.75) is 12.7 Å². The first-order chi connectivity index (χ1) is 15.8. The third kappa shape index (κ3) is 3.77. The molecule has 33 heavy (non-hydrogen) atoms. The van der Waals surface area contributed by atoms with E-state index in [2.05, 4.69) is 30.6 Å². The number of hydrogen-bond donors (Lipinski definition) is 2. The summed E-state index contributed by atoms with van der Waals surface area (Å²) in [5, 5.41) is 15.6. The van der Waals surface area contributed by atoms with Crippen molar-refractivity contribution in [1.82, 2.24) is 35.3 Å². The minimum Gasteiger partial charge on any atom is -0.346 e. The van der Waals surface area contributed by atoms with Crippen molar-refractivity contribution in [2.24, 2.45) is 7.05 Å². The average molecular weight is 451 g/mol. The maximum absolute atomic E-state index is 12.7. The Labute approximate surface area is 184 Å². The summed E-state index contributed by atoms with van der Waals surface area (Å²) < 4.78 is 39.8. The first kappa shape index (κ1) is 20.6. The van der Waals surface area contributed by atoms with Crippen LogP contribution in [0, 0.1) is 0 Å². The number of amides is 1. The zero-order chi connectivity index (χ0) is 23.2. The molecule has 0 aliphatic carbocycles. The lowest BCUT2D eigenvalue weighted by molar-refractivity contribution is -0.137. The number of aromatic amines is 1. The van der Waals surface area contributed by atoms with E-state index in [4.69, 9.17) is 0 Å². The summed E-state index contributed by atoms with van der Waals surface area (Å²) in [5.41, 5.74) is 2.92. The first-order valence-corrected chi connectivity index (χ1v) is 9.86. The van der Waals surface area contributed by atoms with Crippen molar-refractivity contribution in [2.75, 3.05) is 0 Å². The standard InChI is InChI=1S/C22H16F3N7O/c1-32-20-16-6-12(21(33)28-10-15-4-3-14(9-26-15)22(23,24)25)2-5-18(16)27-11-17(20)19(31-32)13-7-29-30-8-13/h2-9,11H,10H2,1H3,(H,28,33)(H,29,30). The van der Waals surface area contributed by atoms with Crippen LogP contribution in [-0.4, -0.2) is 35.9 Å². The van der Waals surface area contributed by atoms with Crippen LogP contribution in [0.1, 0.15) is 21.6 Å². The quantitative estimate of drug-likeness (QED) is 0.432. The fourth-order valence-electron chi connectivity index (χ4n) is 3.66. The highest BCUT2D eigenvalue weighted by atomic mass is 19.4. The largest absolute Gasteiger partial charge is 0.417 e. The molecule has 0 atom stereocenters. The highest BCUT2D eigenvalue weighted by molar-refractivity contribution is 6.10. The summed E-state index contributed by atoms with van der Waals surface area (Å²) in [5.74, 6) is -0.382. The second-order valence-electron chi connectivity index (χ2n) is 7.43. The number of H-pyrrole nitrogens is 1. The van der Waals surface area contributed by atoms with Gasteiger partial charge in [-0.15, -0.1) is 0 Å². The molecule has 166 valence electrons. The van der Waals surface area contributed by atoms with Crippen molar-refractivity contribution < 1.29 is 18.0 Å². The second kappa shape index (κ2) is 7.69. The van der Waals surface area contributed by atoms with E-state index < -0.39 is 11.7 Å². The van der Waals surface area contributed by atoms with Gasteiger partial charge in [-0.05, 0) is 30.3 Å². The Hall–Kier alpha value is -4.28. The number of benzene rings is 1. The molecule has 0 radical (unpaired) electrons. The molecule has 8 nitrogen and oxygen atoms in total. The predicted molar refractivity (Wildman–Crippen MR) is 114 cm³/mol. The van der Waals surface area contributed by atoms with Gasteiger partial charge in [-0.2, -0.15) is 23.4 Å². The lowest BCUT2D eigenvalue weighted by Crippen LogP contribution is -2.23.